The minimum atomic E-state index is -0.618. The zero-order valence-corrected chi connectivity index (χ0v) is 26.4. The van der Waals surface area contributed by atoms with E-state index in [4.69, 9.17) is 16.8 Å². The third kappa shape index (κ3) is 4.70. The van der Waals surface area contributed by atoms with Crippen LogP contribution in [0.5, 0.6) is 0 Å². The van der Waals surface area contributed by atoms with Gasteiger partial charge >= 0.3 is 0 Å². The molecule has 0 aliphatic carbocycles. The molecule has 1 heterocycles. The van der Waals surface area contributed by atoms with Crippen LogP contribution < -0.4 is 0 Å². The molecule has 1 nitrogen and oxygen atoms in total. The second-order valence-electron chi connectivity index (χ2n) is 12.3. The van der Waals surface area contributed by atoms with E-state index in [9.17, 15) is 5.48 Å². The van der Waals surface area contributed by atoms with Crippen LogP contribution in [-0.4, -0.2) is 0 Å². The van der Waals surface area contributed by atoms with E-state index in [1.165, 1.54) is 0 Å². The Labute approximate surface area is 308 Å². The summed E-state index contributed by atoms with van der Waals surface area (Å²) in [7, 11) is 0. The summed E-state index contributed by atoms with van der Waals surface area (Å²) < 4.78 is 121. The summed E-state index contributed by atoms with van der Waals surface area (Å²) in [6, 6.07) is 26.4. The largest absolute Gasteiger partial charge is 0.456 e. The van der Waals surface area contributed by atoms with E-state index in [-0.39, 0.29) is 38.2 Å². The second-order valence-corrected chi connectivity index (χ2v) is 12.3. The quantitative estimate of drug-likeness (QED) is 0.169. The first-order valence-corrected chi connectivity index (χ1v) is 16.2. The lowest BCUT2D eigenvalue weighted by Gasteiger charge is -2.18. The van der Waals surface area contributed by atoms with Gasteiger partial charge in [0.1, 0.15) is 11.2 Å². The maximum atomic E-state index is 9.29. The lowest BCUT2D eigenvalue weighted by Crippen LogP contribution is -1.95. The predicted octanol–water partition coefficient (Wildman–Crippen LogP) is 13.6. The Kier molecular flexibility index (Phi) is 4.26. The predicted molar refractivity (Wildman–Crippen MR) is 212 cm³/mol. The third-order valence-corrected chi connectivity index (χ3v) is 9.44. The van der Waals surface area contributed by atoms with Gasteiger partial charge in [0.05, 0.1) is 17.8 Å². The van der Waals surface area contributed by atoms with Crippen LogP contribution in [0.1, 0.15) is 28.9 Å². The molecule has 1 heteroatoms. The Balaban J connectivity index is 1.20. The summed E-state index contributed by atoms with van der Waals surface area (Å²) in [5, 5.41) is 3.88. The second kappa shape index (κ2) is 11.6. The first-order valence-electron chi connectivity index (χ1n) is 22.7. The van der Waals surface area contributed by atoms with Gasteiger partial charge in [-0.25, -0.2) is 0 Å². The van der Waals surface area contributed by atoms with Crippen molar-refractivity contribution in [1.29, 1.82) is 0 Å². The topological polar surface area (TPSA) is 13.1 Å². The van der Waals surface area contributed by atoms with Gasteiger partial charge < -0.3 is 4.42 Å². The van der Waals surface area contributed by atoms with Crippen molar-refractivity contribution in [1.82, 2.24) is 0 Å². The average Bonchev–Trinajstić information content (AvgIpc) is 3.67. The van der Waals surface area contributed by atoms with Crippen LogP contribution in [0.25, 0.3) is 87.6 Å². The van der Waals surface area contributed by atoms with Crippen LogP contribution in [0.4, 0.5) is 0 Å². The Morgan fingerprint density at radius 3 is 1.76 bits per heavy atom. The van der Waals surface area contributed by atoms with Crippen molar-refractivity contribution in [3.8, 4) is 33.4 Å². The van der Waals surface area contributed by atoms with Gasteiger partial charge in [-0.1, -0.05) is 151 Å². The van der Waals surface area contributed by atoms with Crippen LogP contribution >= 0.6 is 0 Å². The molecule has 0 saturated carbocycles. The summed E-state index contributed by atoms with van der Waals surface area (Å²) in [4.78, 5) is 0. The summed E-state index contributed by atoms with van der Waals surface area (Å²) >= 11 is 0. The highest BCUT2D eigenvalue weighted by atomic mass is 16.3. The van der Waals surface area contributed by atoms with E-state index in [1.54, 1.807) is 18.2 Å². The first kappa shape index (κ1) is 18.4. The van der Waals surface area contributed by atoms with Crippen LogP contribution in [0.15, 0.2) is 186 Å². The number of fused-ring (bicyclic) bond motifs is 6. The molecule has 0 unspecified atom stereocenters. The smallest absolute Gasteiger partial charge is 0.136 e. The third-order valence-electron chi connectivity index (χ3n) is 9.44. The fourth-order valence-corrected chi connectivity index (χ4v) is 7.16. The van der Waals surface area contributed by atoms with E-state index in [1.807, 2.05) is 48.5 Å². The highest BCUT2D eigenvalue weighted by Gasteiger charge is 2.17. The van der Waals surface area contributed by atoms with Crippen molar-refractivity contribution in [3.05, 3.63) is 193 Å². The van der Waals surface area contributed by atoms with E-state index >= 15 is 0 Å². The van der Waals surface area contributed by atoms with E-state index in [0.29, 0.717) is 22.3 Å². The molecule has 0 saturated heterocycles. The lowest BCUT2D eigenvalue weighted by molar-refractivity contribution is 0.669. The summed E-state index contributed by atoms with van der Waals surface area (Å²) in [5.74, 6) is 0. The molecule has 0 amide bonds. The molecular formula is C49H32O. The normalized spacial score (nSPS) is 15.3. The Morgan fingerprint density at radius 2 is 1.00 bits per heavy atom. The maximum Gasteiger partial charge on any atom is 0.136 e. The molecule has 0 atom stereocenters. The van der Waals surface area contributed by atoms with Gasteiger partial charge in [-0.05, 0) is 114 Å². The molecule has 0 spiro atoms. The van der Waals surface area contributed by atoms with E-state index in [0.717, 1.165) is 38.2 Å². The molecule has 0 radical (unpaired) electrons. The van der Waals surface area contributed by atoms with Crippen LogP contribution in [-0.2, 0) is 6.42 Å². The zero-order chi connectivity index (χ0) is 44.3. The minimum Gasteiger partial charge on any atom is -0.456 e. The molecule has 10 aromatic rings. The highest BCUT2D eigenvalue weighted by molar-refractivity contribution is 6.15. The lowest BCUT2D eigenvalue weighted by atomic mass is 9.86. The fraction of sp³-hybridized carbons (Fsp3) is 0.0204. The summed E-state index contributed by atoms with van der Waals surface area (Å²) in [6.07, 6.45) is -0.492. The monoisotopic (exact) mass is 649 g/mol. The van der Waals surface area contributed by atoms with Crippen LogP contribution in [0.3, 0.4) is 0 Å². The Morgan fingerprint density at radius 1 is 0.420 bits per heavy atom. The van der Waals surface area contributed by atoms with Crippen molar-refractivity contribution < 1.29 is 22.2 Å². The molecule has 0 bridgehead atoms. The number of hydrogen-bond donors (Lipinski definition) is 0. The average molecular weight is 650 g/mol. The molecule has 1 aromatic heterocycles. The van der Waals surface area contributed by atoms with Crippen molar-refractivity contribution in [2.75, 3.05) is 0 Å². The Bertz CT molecular complexity index is 3530. The van der Waals surface area contributed by atoms with Gasteiger partial charge in [0.15, 0.2) is 0 Å². The van der Waals surface area contributed by atoms with Crippen molar-refractivity contribution in [2.45, 2.75) is 6.42 Å². The van der Waals surface area contributed by atoms with Crippen molar-refractivity contribution >= 4 is 54.3 Å². The molecule has 9 aromatic carbocycles. The Hall–Kier alpha value is -6.44. The molecule has 0 aliphatic rings. The standard InChI is InChI=1S/C49H32O/c1-2-12-32(13-3-1)28-46-40-19-6-8-21-44(40)49(45-22-9-7-20-41(45)46)37-17-10-16-34(29-37)35-24-26-42-43-27-25-36(31-48(43)50-47(42)30-35)39-23-11-15-33-14-4-5-18-38(33)39/h1-27,29-31H,28H2/i1D,2D,3D,6D,7D,8D,9D,12D,13D,19D,20D,21D,22D. The van der Waals surface area contributed by atoms with E-state index < -0.39 is 85.0 Å². The molecule has 0 N–H and O–H groups in total. The summed E-state index contributed by atoms with van der Waals surface area (Å²) in [5.41, 5.74) is 5.23. The SMILES string of the molecule is [2H]c1c([2H])c([2H])c(Cc2c3c([2H])c([2H])c([2H])c([2H])c3c(-c3cccc(-c4ccc5c(c4)oc4cc(-c6cccc7ccccc67)ccc45)c3)c3c([2H])c([2H])c([2H])c([2H])c23)c([2H])c1[2H]. The molecule has 0 fully saturated rings. The molecular weight excluding hydrogens is 605 g/mol. The van der Waals surface area contributed by atoms with Crippen LogP contribution in [0, 0.1) is 0 Å². The summed E-state index contributed by atoms with van der Waals surface area (Å²) in [6.45, 7) is 0. The van der Waals surface area contributed by atoms with Gasteiger partial charge in [-0.3, -0.25) is 0 Å². The van der Waals surface area contributed by atoms with Gasteiger partial charge in [0.25, 0.3) is 0 Å². The molecule has 10 rings (SSSR count). The molecule has 0 aliphatic heterocycles. The maximum absolute atomic E-state index is 9.29. The van der Waals surface area contributed by atoms with Gasteiger partial charge in [0, 0.05) is 10.8 Å². The molecule has 234 valence electrons. The van der Waals surface area contributed by atoms with Crippen LogP contribution in [0.2, 0.25) is 0 Å². The fourth-order valence-electron chi connectivity index (χ4n) is 7.16. The first-order chi connectivity index (χ1) is 30.2. The van der Waals surface area contributed by atoms with Gasteiger partial charge in [-0.15, -0.1) is 0 Å². The van der Waals surface area contributed by atoms with Crippen molar-refractivity contribution in [2.24, 2.45) is 0 Å². The van der Waals surface area contributed by atoms with Gasteiger partial charge in [0.2, 0.25) is 0 Å². The zero-order valence-electron chi connectivity index (χ0n) is 39.4. The number of rotatable bonds is 5. The van der Waals surface area contributed by atoms with E-state index in [2.05, 4.69) is 36.4 Å². The molecule has 50 heavy (non-hydrogen) atoms. The van der Waals surface area contributed by atoms with Gasteiger partial charge in [-0.2, -0.15) is 0 Å². The van der Waals surface area contributed by atoms with Crippen molar-refractivity contribution in [3.63, 3.8) is 0 Å². The number of benzene rings is 9. The number of furan rings is 1. The minimum absolute atomic E-state index is 0.0172. The number of hydrogen-bond acceptors (Lipinski definition) is 1. The highest BCUT2D eigenvalue weighted by Crippen LogP contribution is 2.42.